The van der Waals surface area contributed by atoms with Crippen LogP contribution in [-0.2, 0) is 0 Å². The van der Waals surface area contributed by atoms with Crippen LogP contribution >= 0.6 is 22.9 Å². The summed E-state index contributed by atoms with van der Waals surface area (Å²) in [5.41, 5.74) is 4.49. The highest BCUT2D eigenvalue weighted by Gasteiger charge is 2.13. The van der Waals surface area contributed by atoms with Gasteiger partial charge in [0.05, 0.1) is 22.4 Å². The summed E-state index contributed by atoms with van der Waals surface area (Å²) in [5, 5.41) is 10.5. The van der Waals surface area contributed by atoms with Crippen LogP contribution in [0.3, 0.4) is 0 Å². The van der Waals surface area contributed by atoms with E-state index in [1.165, 1.54) is 11.3 Å². The van der Waals surface area contributed by atoms with Gasteiger partial charge in [0.25, 0.3) is 0 Å². The largest absolute Gasteiger partial charge is 0.306 e. The van der Waals surface area contributed by atoms with Gasteiger partial charge in [-0.2, -0.15) is 4.98 Å². The highest BCUT2D eigenvalue weighted by Crippen LogP contribution is 2.28. The van der Waals surface area contributed by atoms with Gasteiger partial charge in [0.2, 0.25) is 10.9 Å². The number of nitrogens with one attached hydrogen (secondary N) is 1. The first kappa shape index (κ1) is 16.2. The van der Waals surface area contributed by atoms with Crippen molar-refractivity contribution in [2.75, 3.05) is 5.32 Å². The van der Waals surface area contributed by atoms with E-state index in [9.17, 15) is 0 Å². The van der Waals surface area contributed by atoms with Gasteiger partial charge in [-0.15, -0.1) is 16.4 Å². The number of thiazole rings is 1. The third-order valence-corrected chi connectivity index (χ3v) is 5.26. The topological polar surface area (TPSA) is 68.0 Å². The van der Waals surface area contributed by atoms with Gasteiger partial charge < -0.3 is 5.32 Å². The van der Waals surface area contributed by atoms with Crippen molar-refractivity contribution >= 4 is 50.7 Å². The van der Waals surface area contributed by atoms with Gasteiger partial charge >= 0.3 is 0 Å². The molecule has 0 bridgehead atoms. The van der Waals surface area contributed by atoms with E-state index in [-0.39, 0.29) is 0 Å². The zero-order valence-corrected chi connectivity index (χ0v) is 15.8. The van der Waals surface area contributed by atoms with Crippen molar-refractivity contribution in [1.82, 2.24) is 24.6 Å². The normalized spacial score (nSPS) is 11.3. The molecule has 0 spiro atoms. The Hall–Kier alpha value is -3.03. The third-order valence-electron chi connectivity index (χ3n) is 4.20. The van der Waals surface area contributed by atoms with Gasteiger partial charge in [-0.1, -0.05) is 35.9 Å². The second kappa shape index (κ2) is 6.29. The SMILES string of the molecule is Cc1nc2ccccc2nc1Nc1nc2scc(-c3ccc(Cl)cc3)n2n1. The van der Waals surface area contributed by atoms with E-state index < -0.39 is 0 Å². The molecule has 0 aliphatic heterocycles. The summed E-state index contributed by atoms with van der Waals surface area (Å²) in [6.07, 6.45) is 0. The number of aryl methyl sites for hydroxylation is 1. The highest BCUT2D eigenvalue weighted by molar-refractivity contribution is 7.15. The van der Waals surface area contributed by atoms with Gasteiger partial charge in [-0.25, -0.2) is 14.5 Å². The lowest BCUT2D eigenvalue weighted by atomic mass is 10.2. The maximum absolute atomic E-state index is 5.99. The van der Waals surface area contributed by atoms with Crippen molar-refractivity contribution in [2.24, 2.45) is 0 Å². The van der Waals surface area contributed by atoms with E-state index in [4.69, 9.17) is 11.6 Å². The summed E-state index contributed by atoms with van der Waals surface area (Å²) >= 11 is 7.52. The Morgan fingerprint density at radius 2 is 1.70 bits per heavy atom. The zero-order valence-electron chi connectivity index (χ0n) is 14.2. The average Bonchev–Trinajstić information content (AvgIpc) is 3.23. The molecule has 27 heavy (non-hydrogen) atoms. The predicted molar refractivity (Wildman–Crippen MR) is 109 cm³/mol. The molecule has 5 aromatic rings. The number of halogens is 1. The lowest BCUT2D eigenvalue weighted by molar-refractivity contribution is 0.986. The number of rotatable bonds is 3. The minimum Gasteiger partial charge on any atom is -0.306 e. The van der Waals surface area contributed by atoms with Crippen molar-refractivity contribution in [3.63, 3.8) is 0 Å². The summed E-state index contributed by atoms with van der Waals surface area (Å²) in [6.45, 7) is 1.92. The summed E-state index contributed by atoms with van der Waals surface area (Å²) < 4.78 is 1.82. The molecule has 0 aliphatic carbocycles. The van der Waals surface area contributed by atoms with Crippen LogP contribution in [0.15, 0.2) is 53.9 Å². The molecule has 0 radical (unpaired) electrons. The van der Waals surface area contributed by atoms with E-state index >= 15 is 0 Å². The molecule has 0 aliphatic rings. The minimum atomic E-state index is 0.491. The molecule has 0 amide bonds. The summed E-state index contributed by atoms with van der Waals surface area (Å²) in [7, 11) is 0. The van der Waals surface area contributed by atoms with Crippen LogP contribution in [0.4, 0.5) is 11.8 Å². The maximum atomic E-state index is 5.99. The molecular formula is C19H13ClN6S. The minimum absolute atomic E-state index is 0.491. The van der Waals surface area contributed by atoms with Crippen LogP contribution in [-0.4, -0.2) is 24.6 Å². The van der Waals surface area contributed by atoms with Gasteiger partial charge in [-0.05, 0) is 31.2 Å². The summed E-state index contributed by atoms with van der Waals surface area (Å²) in [5.74, 6) is 1.14. The highest BCUT2D eigenvalue weighted by atomic mass is 35.5. The summed E-state index contributed by atoms with van der Waals surface area (Å²) in [4.78, 5) is 14.6. The van der Waals surface area contributed by atoms with Crippen LogP contribution in [0.5, 0.6) is 0 Å². The number of aromatic nitrogens is 5. The number of nitrogens with zero attached hydrogens (tertiary/aromatic N) is 5. The molecule has 3 aromatic heterocycles. The first-order valence-corrected chi connectivity index (χ1v) is 9.54. The van der Waals surface area contributed by atoms with Crippen LogP contribution in [0.2, 0.25) is 5.02 Å². The Bertz CT molecular complexity index is 1270. The van der Waals surface area contributed by atoms with Crippen molar-refractivity contribution in [3.05, 3.63) is 64.6 Å². The fourth-order valence-electron chi connectivity index (χ4n) is 2.87. The Morgan fingerprint density at radius 3 is 2.48 bits per heavy atom. The van der Waals surface area contributed by atoms with Gasteiger partial charge in [0.15, 0.2) is 5.82 Å². The van der Waals surface area contributed by atoms with Crippen LogP contribution in [0.1, 0.15) is 5.69 Å². The molecule has 3 heterocycles. The fourth-order valence-corrected chi connectivity index (χ4v) is 3.82. The van der Waals surface area contributed by atoms with Crippen molar-refractivity contribution in [1.29, 1.82) is 0 Å². The first-order chi connectivity index (χ1) is 13.2. The van der Waals surface area contributed by atoms with E-state index in [1.54, 1.807) is 0 Å². The van der Waals surface area contributed by atoms with Crippen molar-refractivity contribution in [3.8, 4) is 11.3 Å². The molecule has 8 heteroatoms. The smallest absolute Gasteiger partial charge is 0.249 e. The second-order valence-electron chi connectivity index (χ2n) is 6.03. The Labute approximate surface area is 163 Å². The Balaban J connectivity index is 1.53. The first-order valence-electron chi connectivity index (χ1n) is 8.28. The standard InChI is InChI=1S/C19H13ClN6S/c1-11-17(22-15-5-3-2-4-14(15)21-11)23-18-24-19-26(25-18)16(10-27-19)12-6-8-13(20)9-7-12/h2-10H,1H3,(H,22,23,25). The number of benzene rings is 2. The summed E-state index contributed by atoms with van der Waals surface area (Å²) in [6, 6.07) is 15.4. The van der Waals surface area contributed by atoms with Gasteiger partial charge in [-0.3, -0.25) is 0 Å². The lowest BCUT2D eigenvalue weighted by Gasteiger charge is -2.06. The molecule has 0 fully saturated rings. The molecule has 2 aromatic carbocycles. The van der Waals surface area contributed by atoms with E-state index in [1.807, 2.05) is 65.4 Å². The molecule has 132 valence electrons. The molecule has 0 saturated heterocycles. The number of hydrogen-bond acceptors (Lipinski definition) is 6. The molecule has 6 nitrogen and oxygen atoms in total. The lowest BCUT2D eigenvalue weighted by Crippen LogP contribution is -2.01. The number of fused-ring (bicyclic) bond motifs is 2. The molecule has 5 rings (SSSR count). The molecule has 1 N–H and O–H groups in total. The van der Waals surface area contributed by atoms with Crippen molar-refractivity contribution < 1.29 is 0 Å². The second-order valence-corrected chi connectivity index (χ2v) is 7.30. The molecule has 0 unspecified atom stereocenters. The number of anilines is 2. The number of hydrogen-bond donors (Lipinski definition) is 1. The van der Waals surface area contributed by atoms with Crippen LogP contribution < -0.4 is 5.32 Å². The van der Waals surface area contributed by atoms with Crippen LogP contribution in [0.25, 0.3) is 27.3 Å². The van der Waals surface area contributed by atoms with Gasteiger partial charge in [0, 0.05) is 16.0 Å². The molecular weight excluding hydrogens is 380 g/mol. The fraction of sp³-hybridized carbons (Fsp3) is 0.0526. The van der Waals surface area contributed by atoms with Crippen LogP contribution in [0, 0.1) is 6.92 Å². The zero-order chi connectivity index (χ0) is 18.4. The molecule has 0 atom stereocenters. The quantitative estimate of drug-likeness (QED) is 0.462. The molecule has 0 saturated carbocycles. The average molecular weight is 393 g/mol. The van der Waals surface area contributed by atoms with Crippen molar-refractivity contribution in [2.45, 2.75) is 6.92 Å². The van der Waals surface area contributed by atoms with E-state index in [0.717, 1.165) is 32.9 Å². The number of para-hydroxylation sites is 2. The maximum Gasteiger partial charge on any atom is 0.249 e. The third kappa shape index (κ3) is 2.90. The predicted octanol–water partition coefficient (Wildman–Crippen LogP) is 5.11. The van der Waals surface area contributed by atoms with Gasteiger partial charge in [0.1, 0.15) is 0 Å². The monoisotopic (exact) mass is 392 g/mol. The van der Waals surface area contributed by atoms with E-state index in [2.05, 4.69) is 25.4 Å². The Kier molecular flexibility index (Phi) is 3.77. The van der Waals surface area contributed by atoms with E-state index in [0.29, 0.717) is 16.8 Å². The Morgan fingerprint density at radius 1 is 0.963 bits per heavy atom.